The molecule has 0 saturated carbocycles. The largest absolute Gasteiger partial charge is 0.377 e. The number of nitrogens with one attached hydrogen (secondary N) is 1. The third-order valence-electron chi connectivity index (χ3n) is 4.18. The molecule has 4 rings (SSSR count). The van der Waals surface area contributed by atoms with Crippen molar-refractivity contribution in [1.29, 1.82) is 0 Å². The number of β-amino-alcohol motifs (C(OH)–C–C–N with tert-alkyl or cyclic N) is 1. The van der Waals surface area contributed by atoms with Crippen LogP contribution in [0.3, 0.4) is 0 Å². The molecule has 1 saturated heterocycles. The quantitative estimate of drug-likeness (QED) is 0.718. The summed E-state index contributed by atoms with van der Waals surface area (Å²) >= 11 is 5.99. The lowest BCUT2D eigenvalue weighted by molar-refractivity contribution is 0.0758. The predicted octanol–water partition coefficient (Wildman–Crippen LogP) is 2.05. The maximum atomic E-state index is 13.9. The van der Waals surface area contributed by atoms with Gasteiger partial charge in [-0.15, -0.1) is 0 Å². The smallest absolute Gasteiger partial charge is 0.275 e. The Morgan fingerprint density at radius 3 is 2.85 bits per heavy atom. The summed E-state index contributed by atoms with van der Waals surface area (Å²) in [5, 5.41) is 17.0. The van der Waals surface area contributed by atoms with Gasteiger partial charge in [-0.3, -0.25) is 15.1 Å². The van der Waals surface area contributed by atoms with Crippen LogP contribution >= 0.6 is 11.6 Å². The second kappa shape index (κ2) is 7.07. The minimum absolute atomic E-state index is 0.166. The molecular weight excluding hydrogens is 373 g/mol. The third kappa shape index (κ3) is 3.55. The van der Waals surface area contributed by atoms with Gasteiger partial charge in [-0.1, -0.05) is 11.6 Å². The molecule has 3 aromatic rings. The summed E-state index contributed by atoms with van der Waals surface area (Å²) in [5.41, 5.74) is 1.77. The summed E-state index contributed by atoms with van der Waals surface area (Å²) in [7, 11) is 0. The number of carbonyl (C=O) groups excluding carboxylic acids is 1. The van der Waals surface area contributed by atoms with E-state index in [0.717, 1.165) is 0 Å². The number of aromatic nitrogens is 3. The van der Waals surface area contributed by atoms with Crippen molar-refractivity contribution in [2.24, 2.45) is 0 Å². The summed E-state index contributed by atoms with van der Waals surface area (Å²) in [4.78, 5) is 18.3. The zero-order valence-corrected chi connectivity index (χ0v) is 14.8. The molecule has 0 radical (unpaired) electrons. The van der Waals surface area contributed by atoms with E-state index in [1.165, 1.54) is 21.7 Å². The monoisotopic (exact) mass is 387 g/mol. The van der Waals surface area contributed by atoms with Gasteiger partial charge in [-0.2, -0.15) is 5.10 Å². The van der Waals surface area contributed by atoms with Crippen molar-refractivity contribution in [2.75, 3.05) is 13.2 Å². The van der Waals surface area contributed by atoms with E-state index in [2.05, 4.69) is 15.4 Å². The summed E-state index contributed by atoms with van der Waals surface area (Å²) in [6, 6.07) is 9.22. The Kier molecular flexibility index (Phi) is 4.61. The fraction of sp³-hybridized carbons (Fsp3) is 0.167. The molecule has 1 amide bonds. The average molecular weight is 388 g/mol. The van der Waals surface area contributed by atoms with Crippen LogP contribution in [-0.2, 0) is 0 Å². The van der Waals surface area contributed by atoms with E-state index >= 15 is 0 Å². The number of nitrogens with zero attached hydrogens (tertiary/aromatic N) is 4. The van der Waals surface area contributed by atoms with Crippen LogP contribution in [0.15, 0.2) is 48.8 Å². The molecule has 1 aliphatic heterocycles. The standard InChI is InChI=1S/C18H15ClFN5O2/c19-12-4-11(5-13(20)6-12)16-7-15(18(27)24-9-17(26)22-10-24)23-25(16)14-2-1-3-21-8-14/h1-8,17,22,26H,9-10H2. The first kappa shape index (κ1) is 17.6. The predicted molar refractivity (Wildman–Crippen MR) is 96.8 cm³/mol. The Bertz CT molecular complexity index is 974. The SMILES string of the molecule is O=C(c1cc(-c2cc(F)cc(Cl)c2)n(-c2cccnc2)n1)N1CNC(O)C1. The van der Waals surface area contributed by atoms with Crippen LogP contribution in [0.5, 0.6) is 0 Å². The normalized spacial score (nSPS) is 16.7. The molecule has 1 unspecified atom stereocenters. The van der Waals surface area contributed by atoms with Gasteiger partial charge in [0.05, 0.1) is 30.8 Å². The molecule has 3 heterocycles. The van der Waals surface area contributed by atoms with Gasteiger partial charge in [0, 0.05) is 16.8 Å². The van der Waals surface area contributed by atoms with Crippen LogP contribution in [0.2, 0.25) is 5.02 Å². The highest BCUT2D eigenvalue weighted by Crippen LogP contribution is 2.28. The third-order valence-corrected chi connectivity index (χ3v) is 4.39. The van der Waals surface area contributed by atoms with Gasteiger partial charge in [0.15, 0.2) is 5.69 Å². The summed E-state index contributed by atoms with van der Waals surface area (Å²) in [5.74, 6) is -0.832. The highest BCUT2D eigenvalue weighted by atomic mass is 35.5. The Morgan fingerprint density at radius 1 is 1.33 bits per heavy atom. The first-order valence-electron chi connectivity index (χ1n) is 8.19. The molecule has 27 heavy (non-hydrogen) atoms. The zero-order valence-electron chi connectivity index (χ0n) is 14.0. The molecule has 9 heteroatoms. The van der Waals surface area contributed by atoms with Crippen molar-refractivity contribution in [3.05, 3.63) is 65.3 Å². The summed E-state index contributed by atoms with van der Waals surface area (Å²) in [6.45, 7) is 0.389. The lowest BCUT2D eigenvalue weighted by Crippen LogP contribution is -2.30. The second-order valence-electron chi connectivity index (χ2n) is 6.10. The van der Waals surface area contributed by atoms with Crippen LogP contribution in [0, 0.1) is 5.82 Å². The summed E-state index contributed by atoms with van der Waals surface area (Å²) in [6.07, 6.45) is 2.44. The van der Waals surface area contributed by atoms with E-state index < -0.39 is 12.0 Å². The maximum absolute atomic E-state index is 13.9. The van der Waals surface area contributed by atoms with Crippen molar-refractivity contribution in [3.8, 4) is 16.9 Å². The molecule has 1 atom stereocenters. The van der Waals surface area contributed by atoms with Gasteiger partial charge in [-0.25, -0.2) is 9.07 Å². The number of amides is 1. The highest BCUT2D eigenvalue weighted by molar-refractivity contribution is 6.30. The minimum Gasteiger partial charge on any atom is -0.377 e. The van der Waals surface area contributed by atoms with Crippen LogP contribution in [0.1, 0.15) is 10.5 Å². The maximum Gasteiger partial charge on any atom is 0.275 e. The van der Waals surface area contributed by atoms with E-state index in [1.54, 1.807) is 36.7 Å². The molecule has 1 aromatic carbocycles. The number of pyridine rings is 1. The molecule has 7 nitrogen and oxygen atoms in total. The fourth-order valence-electron chi connectivity index (χ4n) is 2.94. The van der Waals surface area contributed by atoms with Crippen molar-refractivity contribution >= 4 is 17.5 Å². The number of aliphatic hydroxyl groups is 1. The first-order chi connectivity index (χ1) is 13.0. The van der Waals surface area contributed by atoms with Gasteiger partial charge >= 0.3 is 0 Å². The topological polar surface area (TPSA) is 83.3 Å². The van der Waals surface area contributed by atoms with Gasteiger partial charge in [0.1, 0.15) is 12.0 Å². The molecule has 2 N–H and O–H groups in total. The van der Waals surface area contributed by atoms with Crippen molar-refractivity contribution in [3.63, 3.8) is 0 Å². The molecule has 2 aromatic heterocycles. The van der Waals surface area contributed by atoms with Gasteiger partial charge in [0.25, 0.3) is 5.91 Å². The van der Waals surface area contributed by atoms with Crippen LogP contribution in [0.4, 0.5) is 4.39 Å². The van der Waals surface area contributed by atoms with E-state index in [-0.39, 0.29) is 29.8 Å². The van der Waals surface area contributed by atoms with E-state index in [1.807, 2.05) is 0 Å². The van der Waals surface area contributed by atoms with Crippen molar-refractivity contribution < 1.29 is 14.3 Å². The minimum atomic E-state index is -0.768. The van der Waals surface area contributed by atoms with Crippen LogP contribution < -0.4 is 5.32 Å². The lowest BCUT2D eigenvalue weighted by Gasteiger charge is -2.12. The van der Waals surface area contributed by atoms with Gasteiger partial charge in [0.2, 0.25) is 0 Å². The number of halogens is 2. The molecule has 0 bridgehead atoms. The van der Waals surface area contributed by atoms with Gasteiger partial charge in [-0.05, 0) is 36.4 Å². The van der Waals surface area contributed by atoms with Gasteiger partial charge < -0.3 is 10.0 Å². The van der Waals surface area contributed by atoms with Crippen molar-refractivity contribution in [1.82, 2.24) is 25.0 Å². The first-order valence-corrected chi connectivity index (χ1v) is 8.57. The van der Waals surface area contributed by atoms with Crippen LogP contribution in [0.25, 0.3) is 16.9 Å². The fourth-order valence-corrected chi connectivity index (χ4v) is 3.16. The van der Waals surface area contributed by atoms with E-state index in [4.69, 9.17) is 11.6 Å². The molecule has 1 fully saturated rings. The zero-order chi connectivity index (χ0) is 19.0. The van der Waals surface area contributed by atoms with Crippen LogP contribution in [-0.4, -0.2) is 50.1 Å². The highest BCUT2D eigenvalue weighted by Gasteiger charge is 2.27. The molecular formula is C18H15ClFN5O2. The number of hydrogen-bond acceptors (Lipinski definition) is 5. The lowest BCUT2D eigenvalue weighted by atomic mass is 10.1. The number of benzene rings is 1. The Hall–Kier alpha value is -2.81. The molecule has 1 aliphatic rings. The van der Waals surface area contributed by atoms with E-state index in [0.29, 0.717) is 16.9 Å². The number of hydrogen-bond donors (Lipinski definition) is 2. The molecule has 0 aliphatic carbocycles. The number of carbonyl (C=O) groups is 1. The second-order valence-corrected chi connectivity index (χ2v) is 6.54. The van der Waals surface area contributed by atoms with E-state index in [9.17, 15) is 14.3 Å². The number of rotatable bonds is 3. The Morgan fingerprint density at radius 2 is 2.19 bits per heavy atom. The van der Waals surface area contributed by atoms with Crippen molar-refractivity contribution in [2.45, 2.75) is 6.23 Å². The molecule has 0 spiro atoms. The Balaban J connectivity index is 1.81. The average Bonchev–Trinajstić information content (AvgIpc) is 3.28. The Labute approximate surface area is 159 Å². The number of aliphatic hydroxyl groups excluding tert-OH is 1. The molecule has 138 valence electrons. The summed E-state index contributed by atoms with van der Waals surface area (Å²) < 4.78 is 15.4.